The van der Waals surface area contributed by atoms with Gasteiger partial charge in [-0.2, -0.15) is 4.98 Å². The van der Waals surface area contributed by atoms with Crippen molar-refractivity contribution in [3.05, 3.63) is 61.9 Å². The zero-order valence-corrected chi connectivity index (χ0v) is 18.9. The van der Waals surface area contributed by atoms with Crippen LogP contribution in [0.5, 0.6) is 0 Å². The van der Waals surface area contributed by atoms with Crippen LogP contribution in [0.3, 0.4) is 0 Å². The lowest BCUT2D eigenvalue weighted by Crippen LogP contribution is -2.16. The van der Waals surface area contributed by atoms with Crippen molar-refractivity contribution in [3.8, 4) is 0 Å². The fourth-order valence-electron chi connectivity index (χ4n) is 2.28. The minimum atomic E-state index is 0.492. The Bertz CT molecular complexity index is 862. The zero-order valence-electron chi connectivity index (χ0n) is 14.1. The molecule has 0 aliphatic heterocycles. The highest BCUT2D eigenvalue weighted by Crippen LogP contribution is 2.36. The number of hydrogen-bond acceptors (Lipinski definition) is 5. The predicted molar refractivity (Wildman–Crippen MR) is 117 cm³/mol. The summed E-state index contributed by atoms with van der Waals surface area (Å²) >= 11 is 10.5. The summed E-state index contributed by atoms with van der Waals surface area (Å²) in [5.41, 5.74) is 2.00. The molecule has 136 valence electrons. The first-order chi connectivity index (χ1) is 12.5. The monoisotopic (exact) mass is 541 g/mol. The molecule has 0 spiro atoms. The number of allylic oxidation sites excluding steroid dienone is 2. The highest BCUT2D eigenvalue weighted by atomic mass is 79.9. The predicted octanol–water partition coefficient (Wildman–Crippen LogP) is 5.95. The van der Waals surface area contributed by atoms with E-state index < -0.39 is 0 Å². The van der Waals surface area contributed by atoms with Gasteiger partial charge in [-0.1, -0.05) is 22.5 Å². The van der Waals surface area contributed by atoms with Crippen molar-refractivity contribution in [2.45, 2.75) is 12.8 Å². The number of anilines is 3. The van der Waals surface area contributed by atoms with Crippen molar-refractivity contribution in [2.24, 2.45) is 5.92 Å². The smallest absolute Gasteiger partial charge is 0.229 e. The Morgan fingerprint density at radius 3 is 2.69 bits per heavy atom. The number of halogens is 3. The summed E-state index contributed by atoms with van der Waals surface area (Å²) in [6, 6.07) is 5.87. The molecule has 0 saturated heterocycles. The van der Waals surface area contributed by atoms with E-state index in [1.807, 2.05) is 31.3 Å². The van der Waals surface area contributed by atoms with Gasteiger partial charge in [0.2, 0.25) is 5.95 Å². The molecule has 3 rings (SSSR count). The van der Waals surface area contributed by atoms with Gasteiger partial charge in [0.05, 0.1) is 10.2 Å². The molecule has 2 aromatic rings. The Labute approximate surface area is 178 Å². The molecule has 1 aromatic heterocycles. The van der Waals surface area contributed by atoms with E-state index in [9.17, 15) is 0 Å². The first-order valence-electron chi connectivity index (χ1n) is 8.06. The summed E-state index contributed by atoms with van der Waals surface area (Å²) in [6.07, 6.45) is 6.19. The van der Waals surface area contributed by atoms with Gasteiger partial charge in [0.1, 0.15) is 5.82 Å². The molecule has 1 aromatic carbocycles. The second kappa shape index (κ2) is 8.54. The van der Waals surface area contributed by atoms with Crippen LogP contribution in [-0.2, 0) is 0 Å². The van der Waals surface area contributed by atoms with Crippen LogP contribution in [0.4, 0.5) is 17.5 Å². The van der Waals surface area contributed by atoms with Crippen molar-refractivity contribution in [1.82, 2.24) is 15.3 Å². The highest BCUT2D eigenvalue weighted by molar-refractivity contribution is 9.11. The second-order valence-electron chi connectivity index (χ2n) is 5.92. The first-order valence-corrected chi connectivity index (χ1v) is 10.4. The van der Waals surface area contributed by atoms with E-state index >= 15 is 0 Å². The van der Waals surface area contributed by atoms with E-state index in [4.69, 9.17) is 0 Å². The first kappa shape index (κ1) is 19.4. The Balaban J connectivity index is 1.80. The molecular formula is C18H18Br3N5. The van der Waals surface area contributed by atoms with Crippen molar-refractivity contribution in [2.75, 3.05) is 17.7 Å². The fourth-order valence-corrected chi connectivity index (χ4v) is 3.28. The van der Waals surface area contributed by atoms with Crippen LogP contribution in [0.25, 0.3) is 0 Å². The molecule has 8 heteroatoms. The van der Waals surface area contributed by atoms with E-state index in [-0.39, 0.29) is 0 Å². The number of nitrogens with zero attached hydrogens (tertiary/aromatic N) is 2. The minimum absolute atomic E-state index is 0.492. The summed E-state index contributed by atoms with van der Waals surface area (Å²) in [5, 5.41) is 9.67. The van der Waals surface area contributed by atoms with Crippen molar-refractivity contribution >= 4 is 65.2 Å². The summed E-state index contributed by atoms with van der Waals surface area (Å²) in [4.78, 5) is 8.90. The van der Waals surface area contributed by atoms with E-state index in [1.165, 1.54) is 12.8 Å². The van der Waals surface area contributed by atoms with E-state index in [2.05, 4.69) is 80.3 Å². The van der Waals surface area contributed by atoms with Gasteiger partial charge >= 0.3 is 0 Å². The van der Waals surface area contributed by atoms with Crippen LogP contribution in [0.15, 0.2) is 61.9 Å². The third-order valence-electron chi connectivity index (χ3n) is 3.87. The normalized spacial score (nSPS) is 14.1. The molecule has 1 heterocycles. The van der Waals surface area contributed by atoms with Crippen molar-refractivity contribution in [1.29, 1.82) is 0 Å². The largest absolute Gasteiger partial charge is 0.375 e. The average Bonchev–Trinajstić information content (AvgIpc) is 3.45. The third kappa shape index (κ3) is 5.08. The van der Waals surface area contributed by atoms with E-state index in [0.717, 1.165) is 30.5 Å². The zero-order chi connectivity index (χ0) is 18.7. The summed E-state index contributed by atoms with van der Waals surface area (Å²) in [6.45, 7) is 4.14. The average molecular weight is 544 g/mol. The lowest BCUT2D eigenvalue weighted by Gasteiger charge is -2.14. The molecule has 0 radical (unpaired) electrons. The number of rotatable bonds is 7. The van der Waals surface area contributed by atoms with Crippen molar-refractivity contribution in [3.63, 3.8) is 0 Å². The fraction of sp³-hybridized carbons (Fsp3) is 0.222. The SMILES string of the molecule is C=C(/C=C(\NC)Nc1nc(Nc2cc(Br)ccc2Br)ncc1Br)C1CC1. The van der Waals surface area contributed by atoms with Crippen LogP contribution in [-0.4, -0.2) is 17.0 Å². The second-order valence-corrected chi connectivity index (χ2v) is 8.55. The quantitative estimate of drug-likeness (QED) is 0.377. The van der Waals surface area contributed by atoms with Gasteiger partial charge in [-0.25, -0.2) is 4.98 Å². The summed E-state index contributed by atoms with van der Waals surface area (Å²) in [5.74, 6) is 2.61. The van der Waals surface area contributed by atoms with Gasteiger partial charge < -0.3 is 16.0 Å². The van der Waals surface area contributed by atoms with Crippen LogP contribution < -0.4 is 16.0 Å². The summed E-state index contributed by atoms with van der Waals surface area (Å²) < 4.78 is 2.67. The number of benzene rings is 1. The van der Waals surface area contributed by atoms with E-state index in [1.54, 1.807) is 6.20 Å². The summed E-state index contributed by atoms with van der Waals surface area (Å²) in [7, 11) is 1.87. The van der Waals surface area contributed by atoms with Crippen LogP contribution >= 0.6 is 47.8 Å². The van der Waals surface area contributed by atoms with Gasteiger partial charge in [-0.05, 0) is 80.5 Å². The molecule has 1 fully saturated rings. The maximum absolute atomic E-state index is 4.57. The molecule has 1 saturated carbocycles. The molecule has 0 unspecified atom stereocenters. The third-order valence-corrected chi connectivity index (χ3v) is 5.64. The van der Waals surface area contributed by atoms with Gasteiger partial charge in [0, 0.05) is 22.2 Å². The molecular weight excluding hydrogens is 526 g/mol. The molecule has 1 aliphatic rings. The molecule has 5 nitrogen and oxygen atoms in total. The lowest BCUT2D eigenvalue weighted by molar-refractivity contribution is 0.963. The molecule has 0 atom stereocenters. The standard InChI is InChI=1S/C18H18Br3N5/c1-10(11-3-4-11)7-16(22-2)25-17-14(21)9-23-18(26-17)24-15-8-12(19)5-6-13(15)20/h5-9,11,22H,1,3-4H2,2H3,(H2,23,24,25,26)/b16-7+. The van der Waals surface area contributed by atoms with Crippen molar-refractivity contribution < 1.29 is 0 Å². The van der Waals surface area contributed by atoms with Gasteiger partial charge in [-0.15, -0.1) is 0 Å². The van der Waals surface area contributed by atoms with Gasteiger partial charge in [-0.3, -0.25) is 0 Å². The highest BCUT2D eigenvalue weighted by Gasteiger charge is 2.23. The molecule has 0 amide bonds. The number of nitrogens with one attached hydrogen (secondary N) is 3. The molecule has 3 N–H and O–H groups in total. The van der Waals surface area contributed by atoms with Gasteiger partial charge in [0.15, 0.2) is 5.82 Å². The molecule has 1 aliphatic carbocycles. The number of hydrogen-bond donors (Lipinski definition) is 3. The Morgan fingerprint density at radius 1 is 1.23 bits per heavy atom. The lowest BCUT2D eigenvalue weighted by atomic mass is 10.2. The van der Waals surface area contributed by atoms with Crippen LogP contribution in [0, 0.1) is 5.92 Å². The number of aromatic nitrogens is 2. The topological polar surface area (TPSA) is 61.9 Å². The van der Waals surface area contributed by atoms with E-state index in [0.29, 0.717) is 17.7 Å². The van der Waals surface area contributed by atoms with Crippen LogP contribution in [0.1, 0.15) is 12.8 Å². The molecule has 26 heavy (non-hydrogen) atoms. The minimum Gasteiger partial charge on any atom is -0.375 e. The maximum atomic E-state index is 4.57. The molecule has 0 bridgehead atoms. The Kier molecular flexibility index (Phi) is 6.37. The maximum Gasteiger partial charge on any atom is 0.229 e. The van der Waals surface area contributed by atoms with Crippen LogP contribution in [0.2, 0.25) is 0 Å². The Hall–Kier alpha value is -1.38. The van der Waals surface area contributed by atoms with Gasteiger partial charge in [0.25, 0.3) is 0 Å². The Morgan fingerprint density at radius 2 is 2.00 bits per heavy atom.